The van der Waals surface area contributed by atoms with Crippen LogP contribution in [-0.2, 0) is 0 Å². The highest BCUT2D eigenvalue weighted by Crippen LogP contribution is 2.27. The van der Waals surface area contributed by atoms with Crippen molar-refractivity contribution in [2.45, 2.75) is 0 Å². The normalized spacial score (nSPS) is 10.0. The van der Waals surface area contributed by atoms with Gasteiger partial charge in [-0.1, -0.05) is 11.6 Å². The van der Waals surface area contributed by atoms with Gasteiger partial charge in [-0.25, -0.2) is 0 Å². The Balaban J connectivity index is 2.02. The fraction of sp³-hybridized carbons (Fsp3) is 0.133. The van der Waals surface area contributed by atoms with E-state index >= 15 is 0 Å². The first-order valence-electron chi connectivity index (χ1n) is 6.36. The molecule has 0 amide bonds. The van der Waals surface area contributed by atoms with E-state index in [-0.39, 0.29) is 0 Å². The van der Waals surface area contributed by atoms with Crippen molar-refractivity contribution in [2.24, 2.45) is 0 Å². The second-order valence-corrected chi connectivity index (χ2v) is 5.58. The molecule has 0 aliphatic carbocycles. The Bertz CT molecular complexity index is 641. The van der Waals surface area contributed by atoms with Gasteiger partial charge in [-0.2, -0.15) is 0 Å². The standard InChI is InChI=1S/C15H17ClN4S/c1-20(2)14-8-7-12(9-13(14)16)19-15(21)18-11-5-3-10(17)4-6-11/h3-9H,17H2,1-2H3,(H2,18,19,21). The highest BCUT2D eigenvalue weighted by Gasteiger charge is 2.05. The van der Waals surface area contributed by atoms with E-state index in [9.17, 15) is 0 Å². The number of halogens is 1. The van der Waals surface area contributed by atoms with Gasteiger partial charge in [0.15, 0.2) is 5.11 Å². The lowest BCUT2D eigenvalue weighted by atomic mass is 10.2. The summed E-state index contributed by atoms with van der Waals surface area (Å²) in [6.45, 7) is 0. The van der Waals surface area contributed by atoms with E-state index in [1.165, 1.54) is 0 Å². The minimum atomic E-state index is 0.494. The molecule has 0 saturated carbocycles. The Morgan fingerprint density at radius 1 is 1.05 bits per heavy atom. The average Bonchev–Trinajstić information content (AvgIpc) is 2.41. The first kappa shape index (κ1) is 15.4. The van der Waals surface area contributed by atoms with Crippen LogP contribution in [0.5, 0.6) is 0 Å². The number of hydrogen-bond donors (Lipinski definition) is 3. The van der Waals surface area contributed by atoms with Crippen molar-refractivity contribution in [3.63, 3.8) is 0 Å². The third kappa shape index (κ3) is 4.24. The van der Waals surface area contributed by atoms with Gasteiger partial charge in [-0.15, -0.1) is 0 Å². The molecule has 6 heteroatoms. The van der Waals surface area contributed by atoms with Gasteiger partial charge < -0.3 is 21.3 Å². The van der Waals surface area contributed by atoms with Gasteiger partial charge in [0, 0.05) is 31.2 Å². The average molecular weight is 321 g/mol. The molecule has 0 heterocycles. The molecule has 2 aromatic carbocycles. The van der Waals surface area contributed by atoms with Crippen molar-refractivity contribution >= 4 is 51.7 Å². The second-order valence-electron chi connectivity index (χ2n) is 4.76. The van der Waals surface area contributed by atoms with Crippen LogP contribution in [0.15, 0.2) is 42.5 Å². The van der Waals surface area contributed by atoms with E-state index in [1.807, 2.05) is 61.5 Å². The summed E-state index contributed by atoms with van der Waals surface area (Å²) >= 11 is 11.5. The van der Waals surface area contributed by atoms with E-state index in [4.69, 9.17) is 29.6 Å². The molecule has 0 aliphatic rings. The zero-order valence-corrected chi connectivity index (χ0v) is 13.4. The molecule has 0 saturated heterocycles. The van der Waals surface area contributed by atoms with Crippen molar-refractivity contribution in [3.05, 3.63) is 47.5 Å². The number of nitrogens with zero attached hydrogens (tertiary/aromatic N) is 1. The summed E-state index contributed by atoms with van der Waals surface area (Å²) in [5.41, 5.74) is 9.02. The van der Waals surface area contributed by atoms with Crippen molar-refractivity contribution < 1.29 is 0 Å². The molecule has 0 unspecified atom stereocenters. The number of thiocarbonyl (C=S) groups is 1. The molecule has 0 fully saturated rings. The molecular formula is C15H17ClN4S. The SMILES string of the molecule is CN(C)c1ccc(NC(=S)Nc2ccc(N)cc2)cc1Cl. The van der Waals surface area contributed by atoms with E-state index in [2.05, 4.69) is 10.6 Å². The molecule has 0 radical (unpaired) electrons. The Morgan fingerprint density at radius 2 is 1.62 bits per heavy atom. The molecule has 0 spiro atoms. The minimum Gasteiger partial charge on any atom is -0.399 e. The van der Waals surface area contributed by atoms with Crippen molar-refractivity contribution in [3.8, 4) is 0 Å². The fourth-order valence-electron chi connectivity index (χ4n) is 1.81. The van der Waals surface area contributed by atoms with Crippen LogP contribution in [0.25, 0.3) is 0 Å². The summed E-state index contributed by atoms with van der Waals surface area (Å²) < 4.78 is 0. The van der Waals surface area contributed by atoms with Crippen LogP contribution >= 0.6 is 23.8 Å². The maximum atomic E-state index is 6.23. The van der Waals surface area contributed by atoms with Gasteiger partial charge in [-0.05, 0) is 54.7 Å². The largest absolute Gasteiger partial charge is 0.399 e. The molecule has 4 nitrogen and oxygen atoms in total. The predicted molar refractivity (Wildman–Crippen MR) is 96.5 cm³/mol. The third-order valence-corrected chi connectivity index (χ3v) is 3.36. The van der Waals surface area contributed by atoms with Crippen molar-refractivity contribution in [1.82, 2.24) is 0 Å². The van der Waals surface area contributed by atoms with Crippen LogP contribution in [0, 0.1) is 0 Å². The van der Waals surface area contributed by atoms with E-state index in [1.54, 1.807) is 0 Å². The van der Waals surface area contributed by atoms with Crippen LogP contribution in [0.4, 0.5) is 22.7 Å². The smallest absolute Gasteiger partial charge is 0.175 e. The maximum Gasteiger partial charge on any atom is 0.175 e. The predicted octanol–water partition coefficient (Wildman–Crippen LogP) is 3.80. The van der Waals surface area contributed by atoms with Crippen molar-refractivity contribution in [2.75, 3.05) is 35.4 Å². The Hall–Kier alpha value is -1.98. The van der Waals surface area contributed by atoms with E-state index < -0.39 is 0 Å². The molecule has 0 bridgehead atoms. The summed E-state index contributed by atoms with van der Waals surface area (Å²) in [5, 5.41) is 7.34. The van der Waals surface area contributed by atoms with Gasteiger partial charge in [0.2, 0.25) is 0 Å². The van der Waals surface area contributed by atoms with Gasteiger partial charge in [0.05, 0.1) is 10.7 Å². The maximum absolute atomic E-state index is 6.23. The number of nitrogens with two attached hydrogens (primary N) is 1. The number of nitrogen functional groups attached to an aromatic ring is 1. The topological polar surface area (TPSA) is 53.3 Å². The number of rotatable bonds is 3. The number of nitrogens with one attached hydrogen (secondary N) is 2. The molecule has 2 rings (SSSR count). The molecule has 0 aliphatic heterocycles. The summed E-state index contributed by atoms with van der Waals surface area (Å²) in [6, 6.07) is 13.1. The van der Waals surface area contributed by atoms with Crippen LogP contribution in [-0.4, -0.2) is 19.2 Å². The van der Waals surface area contributed by atoms with Gasteiger partial charge in [0.25, 0.3) is 0 Å². The first-order valence-corrected chi connectivity index (χ1v) is 7.15. The molecule has 21 heavy (non-hydrogen) atoms. The Morgan fingerprint density at radius 3 is 2.19 bits per heavy atom. The molecule has 0 atom stereocenters. The number of benzene rings is 2. The number of hydrogen-bond acceptors (Lipinski definition) is 3. The fourth-order valence-corrected chi connectivity index (χ4v) is 2.39. The summed E-state index contributed by atoms with van der Waals surface area (Å²) in [7, 11) is 3.89. The lowest BCUT2D eigenvalue weighted by Gasteiger charge is -2.16. The van der Waals surface area contributed by atoms with Gasteiger partial charge in [-0.3, -0.25) is 0 Å². The monoisotopic (exact) mass is 320 g/mol. The first-order chi connectivity index (χ1) is 9.95. The molecule has 2 aromatic rings. The van der Waals surface area contributed by atoms with E-state index in [0.717, 1.165) is 17.1 Å². The summed E-state index contributed by atoms with van der Waals surface area (Å²) in [6.07, 6.45) is 0. The lowest BCUT2D eigenvalue weighted by molar-refractivity contribution is 1.13. The van der Waals surface area contributed by atoms with Gasteiger partial charge in [0.1, 0.15) is 0 Å². The number of anilines is 4. The Kier molecular flexibility index (Phi) is 4.88. The second kappa shape index (κ2) is 6.65. The quantitative estimate of drug-likeness (QED) is 0.593. The van der Waals surface area contributed by atoms with Crippen LogP contribution < -0.4 is 21.3 Å². The molecular weight excluding hydrogens is 304 g/mol. The Labute approximate surface area is 134 Å². The van der Waals surface area contributed by atoms with Crippen LogP contribution in [0.1, 0.15) is 0 Å². The molecule has 0 aromatic heterocycles. The molecule has 4 N–H and O–H groups in total. The minimum absolute atomic E-state index is 0.494. The zero-order valence-electron chi connectivity index (χ0n) is 11.9. The van der Waals surface area contributed by atoms with Crippen LogP contribution in [0.3, 0.4) is 0 Å². The highest BCUT2D eigenvalue weighted by atomic mass is 35.5. The van der Waals surface area contributed by atoms with Crippen molar-refractivity contribution in [1.29, 1.82) is 0 Å². The van der Waals surface area contributed by atoms with Crippen LogP contribution in [0.2, 0.25) is 5.02 Å². The lowest BCUT2D eigenvalue weighted by Crippen LogP contribution is -2.19. The summed E-state index contributed by atoms with van der Waals surface area (Å²) in [5.74, 6) is 0. The highest BCUT2D eigenvalue weighted by molar-refractivity contribution is 7.80. The summed E-state index contributed by atoms with van der Waals surface area (Å²) in [4.78, 5) is 1.96. The zero-order chi connectivity index (χ0) is 15.4. The van der Waals surface area contributed by atoms with Gasteiger partial charge >= 0.3 is 0 Å². The third-order valence-electron chi connectivity index (χ3n) is 2.86. The molecule has 110 valence electrons. The van der Waals surface area contributed by atoms with E-state index in [0.29, 0.717) is 15.8 Å².